The van der Waals surface area contributed by atoms with Crippen LogP contribution in [0.3, 0.4) is 0 Å². The molecule has 0 aromatic carbocycles. The van der Waals surface area contributed by atoms with E-state index < -0.39 is 37.1 Å². The minimum Gasteiger partial charge on any atom is -0.465 e. The summed E-state index contributed by atoms with van der Waals surface area (Å²) in [6.45, 7) is -0.760. The van der Waals surface area contributed by atoms with Crippen LogP contribution >= 0.6 is 0 Å². The Bertz CT molecular complexity index is 207. The number of aliphatic hydroxyl groups is 5. The van der Waals surface area contributed by atoms with Crippen LogP contribution in [-0.2, 0) is 4.79 Å². The molecule has 4 atom stereocenters. The summed E-state index contributed by atoms with van der Waals surface area (Å²) in [5, 5.41) is 50.7. The molecule has 0 rings (SSSR count). The lowest BCUT2D eigenvalue weighted by Crippen LogP contribution is -2.46. The van der Waals surface area contributed by atoms with Crippen LogP contribution in [0.5, 0.6) is 0 Å². The normalized spacial score (nSPS) is 17.3. The van der Waals surface area contributed by atoms with Gasteiger partial charge in [0.25, 0.3) is 0 Å². The number of carbonyl (C=O) groups excluding carboxylic acids is 1. The molecule has 0 heterocycles. The molecule has 0 aromatic heterocycles. The molecule has 0 aliphatic heterocycles. The molecule has 4 unspecified atom stereocenters. The predicted octanol–water partition coefficient (Wildman–Crippen LogP) is -3.76. The van der Waals surface area contributed by atoms with E-state index in [9.17, 15) is 4.79 Å². The van der Waals surface area contributed by atoms with E-state index >= 15 is 0 Å². The molecule has 0 radical (unpaired) electrons. The first-order chi connectivity index (χ1) is 7.27. The molecule has 0 aliphatic carbocycles. The first-order valence-electron chi connectivity index (χ1n) is 4.04. The Balaban J connectivity index is 0. The van der Waals surface area contributed by atoms with Crippen LogP contribution in [-0.4, -0.2) is 74.0 Å². The Kier molecular flexibility index (Phi) is 9.65. The summed E-state index contributed by atoms with van der Waals surface area (Å²) in [5.41, 5.74) is 4.03. The van der Waals surface area contributed by atoms with Crippen LogP contribution in [0.1, 0.15) is 0 Å². The van der Waals surface area contributed by atoms with Gasteiger partial charge in [0, 0.05) is 0 Å². The summed E-state index contributed by atoms with van der Waals surface area (Å²) in [7, 11) is 0. The number of hydrogen-bond acceptors (Lipinski definition) is 7. The number of aldehydes is 1. The Morgan fingerprint density at radius 2 is 1.56 bits per heavy atom. The smallest absolute Gasteiger partial charge is 0.402 e. The lowest BCUT2D eigenvalue weighted by Gasteiger charge is -2.22. The van der Waals surface area contributed by atoms with Crippen molar-refractivity contribution in [1.82, 2.24) is 0 Å². The van der Waals surface area contributed by atoms with Crippen molar-refractivity contribution in [2.75, 3.05) is 6.61 Å². The molecule has 0 bridgehead atoms. The Labute approximate surface area is 90.4 Å². The molecule has 9 nitrogen and oxygen atoms in total. The molecule has 0 aliphatic rings. The van der Waals surface area contributed by atoms with E-state index in [0.29, 0.717) is 0 Å². The minimum atomic E-state index is -1.79. The summed E-state index contributed by atoms with van der Waals surface area (Å²) in [5.74, 6) is 0. The van der Waals surface area contributed by atoms with Gasteiger partial charge in [-0.25, -0.2) is 4.79 Å². The lowest BCUT2D eigenvalue weighted by molar-refractivity contribution is -0.136. The van der Waals surface area contributed by atoms with Crippen molar-refractivity contribution in [1.29, 1.82) is 0 Å². The minimum absolute atomic E-state index is 0.0258. The SMILES string of the molecule is NC(=O)O.O=CC(O)C(O)C(O)C(O)CO. The van der Waals surface area contributed by atoms with E-state index in [1.165, 1.54) is 0 Å². The van der Waals surface area contributed by atoms with Gasteiger partial charge in [0.2, 0.25) is 0 Å². The van der Waals surface area contributed by atoms with Gasteiger partial charge in [-0.2, -0.15) is 0 Å². The molecule has 0 saturated heterocycles. The van der Waals surface area contributed by atoms with Crippen LogP contribution in [0.15, 0.2) is 0 Å². The van der Waals surface area contributed by atoms with Crippen molar-refractivity contribution in [3.8, 4) is 0 Å². The highest BCUT2D eigenvalue weighted by molar-refractivity contribution is 5.61. The molecule has 96 valence electrons. The van der Waals surface area contributed by atoms with Crippen molar-refractivity contribution in [2.24, 2.45) is 5.73 Å². The van der Waals surface area contributed by atoms with E-state index in [-0.39, 0.29) is 6.29 Å². The summed E-state index contributed by atoms with van der Waals surface area (Å²) in [6, 6.07) is 0. The van der Waals surface area contributed by atoms with Gasteiger partial charge in [0.1, 0.15) is 24.4 Å². The van der Waals surface area contributed by atoms with E-state index in [1.807, 2.05) is 0 Å². The average molecular weight is 241 g/mol. The van der Waals surface area contributed by atoms with Gasteiger partial charge in [-0.3, -0.25) is 0 Å². The molecular formula is C7H15NO8. The fourth-order valence-electron chi connectivity index (χ4n) is 0.618. The van der Waals surface area contributed by atoms with Gasteiger partial charge < -0.3 is 41.2 Å². The zero-order valence-electron chi connectivity index (χ0n) is 8.17. The van der Waals surface area contributed by atoms with Crippen LogP contribution in [0, 0.1) is 0 Å². The van der Waals surface area contributed by atoms with Crippen molar-refractivity contribution >= 4 is 12.4 Å². The standard InChI is InChI=1S/C6H12O6.CH3NO2/c7-1-3(9)5(11)6(12)4(10)2-8;2-1(3)4/h1,3-6,8-12H,2H2;2H2,(H,3,4). The third-order valence-corrected chi connectivity index (χ3v) is 1.42. The second-order valence-corrected chi connectivity index (χ2v) is 2.70. The van der Waals surface area contributed by atoms with Crippen LogP contribution in [0.4, 0.5) is 4.79 Å². The van der Waals surface area contributed by atoms with Crippen molar-refractivity contribution < 1.29 is 40.2 Å². The number of carbonyl (C=O) groups is 2. The highest BCUT2D eigenvalue weighted by Gasteiger charge is 2.29. The monoisotopic (exact) mass is 241 g/mol. The van der Waals surface area contributed by atoms with Gasteiger partial charge in [-0.1, -0.05) is 0 Å². The number of primary amides is 1. The zero-order chi connectivity index (χ0) is 13.3. The van der Waals surface area contributed by atoms with Gasteiger partial charge in [0.05, 0.1) is 6.61 Å². The Morgan fingerprint density at radius 1 is 1.19 bits per heavy atom. The maximum atomic E-state index is 9.90. The maximum absolute atomic E-state index is 9.90. The van der Waals surface area contributed by atoms with Crippen LogP contribution < -0.4 is 5.73 Å². The molecule has 0 fully saturated rings. The summed E-state index contributed by atoms with van der Waals surface area (Å²) in [4.78, 5) is 18.7. The van der Waals surface area contributed by atoms with Gasteiger partial charge in [-0.15, -0.1) is 0 Å². The number of nitrogens with two attached hydrogens (primary N) is 1. The second-order valence-electron chi connectivity index (χ2n) is 2.70. The van der Waals surface area contributed by atoms with E-state index in [2.05, 4.69) is 5.73 Å². The van der Waals surface area contributed by atoms with Crippen LogP contribution in [0.2, 0.25) is 0 Å². The number of aliphatic hydroxyl groups excluding tert-OH is 5. The lowest BCUT2D eigenvalue weighted by atomic mass is 10.0. The summed E-state index contributed by atoms with van der Waals surface area (Å²) in [6.07, 6.45) is -8.17. The first-order valence-corrected chi connectivity index (χ1v) is 4.04. The Hall–Kier alpha value is -1.26. The average Bonchev–Trinajstić information content (AvgIpc) is 2.24. The molecule has 0 aromatic rings. The predicted molar refractivity (Wildman–Crippen MR) is 49.4 cm³/mol. The summed E-state index contributed by atoms with van der Waals surface area (Å²) >= 11 is 0. The van der Waals surface area contributed by atoms with Gasteiger partial charge in [-0.05, 0) is 0 Å². The molecular weight excluding hydrogens is 226 g/mol. The highest BCUT2D eigenvalue weighted by Crippen LogP contribution is 2.02. The summed E-state index contributed by atoms with van der Waals surface area (Å²) < 4.78 is 0. The quantitative estimate of drug-likeness (QED) is 0.239. The topological polar surface area (TPSA) is 182 Å². The third-order valence-electron chi connectivity index (χ3n) is 1.42. The van der Waals surface area contributed by atoms with E-state index in [4.69, 9.17) is 35.4 Å². The Morgan fingerprint density at radius 3 is 1.81 bits per heavy atom. The number of hydrogen-bond donors (Lipinski definition) is 7. The zero-order valence-corrected chi connectivity index (χ0v) is 8.17. The third kappa shape index (κ3) is 8.08. The maximum Gasteiger partial charge on any atom is 0.402 e. The van der Waals surface area contributed by atoms with Crippen molar-refractivity contribution in [2.45, 2.75) is 24.4 Å². The number of amides is 1. The molecule has 16 heavy (non-hydrogen) atoms. The van der Waals surface area contributed by atoms with Gasteiger partial charge in [0.15, 0.2) is 6.29 Å². The number of rotatable bonds is 5. The van der Waals surface area contributed by atoms with E-state index in [1.54, 1.807) is 0 Å². The number of carboxylic acid groups (broad SMARTS) is 1. The van der Waals surface area contributed by atoms with Crippen molar-refractivity contribution in [3.05, 3.63) is 0 Å². The molecule has 0 spiro atoms. The largest absolute Gasteiger partial charge is 0.465 e. The molecule has 1 amide bonds. The first kappa shape index (κ1) is 17.1. The van der Waals surface area contributed by atoms with Crippen LogP contribution in [0.25, 0.3) is 0 Å². The molecule has 9 heteroatoms. The fraction of sp³-hybridized carbons (Fsp3) is 0.714. The molecule has 0 saturated carbocycles. The second kappa shape index (κ2) is 9.00. The highest BCUT2D eigenvalue weighted by atomic mass is 16.4. The fourth-order valence-corrected chi connectivity index (χ4v) is 0.618. The molecule has 8 N–H and O–H groups in total. The van der Waals surface area contributed by atoms with Crippen molar-refractivity contribution in [3.63, 3.8) is 0 Å². The van der Waals surface area contributed by atoms with E-state index in [0.717, 1.165) is 0 Å². The van der Waals surface area contributed by atoms with Gasteiger partial charge >= 0.3 is 6.09 Å².